The van der Waals surface area contributed by atoms with E-state index in [1.54, 1.807) is 30.3 Å². The third kappa shape index (κ3) is 6.58. The monoisotopic (exact) mass is 549 g/mol. The average molecular weight is 549 g/mol. The smallest absolute Gasteiger partial charge is 0.435 e. The molecule has 1 aliphatic carbocycles. The van der Waals surface area contributed by atoms with Crippen LogP contribution < -0.4 is 9.64 Å². The maximum atomic E-state index is 13.4. The van der Waals surface area contributed by atoms with E-state index in [0.29, 0.717) is 41.6 Å². The highest BCUT2D eigenvalue weighted by Gasteiger charge is 2.43. The summed E-state index contributed by atoms with van der Waals surface area (Å²) in [6.07, 6.45) is -7.11. The van der Waals surface area contributed by atoms with E-state index < -0.39 is 49.5 Å². The lowest BCUT2D eigenvalue weighted by molar-refractivity contribution is -0.274. The van der Waals surface area contributed by atoms with E-state index in [1.807, 2.05) is 0 Å². The van der Waals surface area contributed by atoms with Crippen LogP contribution in [0.2, 0.25) is 0 Å². The minimum absolute atomic E-state index is 0.103. The van der Waals surface area contributed by atoms with Gasteiger partial charge >= 0.3 is 19.2 Å². The van der Waals surface area contributed by atoms with Gasteiger partial charge in [0.15, 0.2) is 6.10 Å². The molecule has 206 valence electrons. The lowest BCUT2D eigenvalue weighted by Crippen LogP contribution is -2.50. The van der Waals surface area contributed by atoms with Crippen molar-refractivity contribution in [2.45, 2.75) is 50.6 Å². The van der Waals surface area contributed by atoms with Crippen LogP contribution in [-0.4, -0.2) is 42.9 Å². The van der Waals surface area contributed by atoms with Crippen LogP contribution in [0.4, 0.5) is 40.8 Å². The second kappa shape index (κ2) is 10.8. The fourth-order valence-corrected chi connectivity index (χ4v) is 4.96. The van der Waals surface area contributed by atoms with Gasteiger partial charge in [0.25, 0.3) is 0 Å². The molecule has 0 bridgehead atoms. The van der Waals surface area contributed by atoms with Crippen molar-refractivity contribution >= 4 is 5.69 Å². The lowest BCUT2D eigenvalue weighted by atomic mass is 9.81. The Morgan fingerprint density at radius 3 is 2.45 bits per heavy atom. The molecule has 3 atom stereocenters. The van der Waals surface area contributed by atoms with Crippen LogP contribution >= 0.6 is 0 Å². The maximum Gasteiger partial charge on any atom is 0.573 e. The number of ether oxygens (including phenoxy) is 2. The van der Waals surface area contributed by atoms with Crippen molar-refractivity contribution in [2.75, 3.05) is 11.4 Å². The molecule has 2 aromatic rings. The second-order valence-electron chi connectivity index (χ2n) is 8.94. The third-order valence-electron chi connectivity index (χ3n) is 6.47. The van der Waals surface area contributed by atoms with Crippen LogP contribution in [0.5, 0.6) is 5.75 Å². The molecule has 2 aromatic carbocycles. The Balaban J connectivity index is 1.73. The maximum absolute atomic E-state index is 13.4. The number of benzene rings is 2. The molecule has 4 nitrogen and oxygen atoms in total. The van der Waals surface area contributed by atoms with Gasteiger partial charge in [0.05, 0.1) is 6.54 Å². The van der Waals surface area contributed by atoms with Crippen LogP contribution in [0, 0.1) is 5.92 Å². The number of nitrogens with zero attached hydrogens (tertiary/aromatic N) is 1. The van der Waals surface area contributed by atoms with Crippen molar-refractivity contribution in [3.8, 4) is 16.9 Å². The van der Waals surface area contributed by atoms with Gasteiger partial charge in [-0.1, -0.05) is 30.3 Å². The summed E-state index contributed by atoms with van der Waals surface area (Å²) in [6.45, 7) is -3.89. The number of hydrogen-bond donors (Lipinski definition) is 1. The largest absolute Gasteiger partial charge is 0.573 e. The highest BCUT2D eigenvalue weighted by molar-refractivity contribution is 5.76. The topological polar surface area (TPSA) is 41.9 Å². The molecule has 1 heterocycles. The first-order chi connectivity index (χ1) is 17.8. The molecular weight excluding hydrogens is 526 g/mol. The fraction of sp³-hybridized carbons (Fsp3) is 0.385. The van der Waals surface area contributed by atoms with E-state index in [4.69, 9.17) is 0 Å². The van der Waals surface area contributed by atoms with Gasteiger partial charge in [-0.2, -0.15) is 22.0 Å². The van der Waals surface area contributed by atoms with E-state index in [1.165, 1.54) is 29.2 Å². The van der Waals surface area contributed by atoms with Gasteiger partial charge in [-0.3, -0.25) is 0 Å². The first kappa shape index (κ1) is 27.7. The van der Waals surface area contributed by atoms with Gasteiger partial charge in [0, 0.05) is 17.6 Å². The highest BCUT2D eigenvalue weighted by atomic mass is 19.4. The Morgan fingerprint density at radius 2 is 1.76 bits per heavy atom. The molecule has 2 aliphatic rings. The van der Waals surface area contributed by atoms with Gasteiger partial charge in [0.2, 0.25) is 0 Å². The van der Waals surface area contributed by atoms with E-state index in [0.717, 1.165) is 6.07 Å². The molecule has 0 radical (unpaired) electrons. The summed E-state index contributed by atoms with van der Waals surface area (Å²) in [5, 5.41) is 9.94. The van der Waals surface area contributed by atoms with Gasteiger partial charge in [0.1, 0.15) is 11.5 Å². The summed E-state index contributed by atoms with van der Waals surface area (Å²) in [7, 11) is 0. The molecular formula is C26H23F8NO3. The first-order valence-corrected chi connectivity index (χ1v) is 11.6. The minimum Gasteiger partial charge on any atom is -0.435 e. The van der Waals surface area contributed by atoms with Crippen molar-refractivity contribution in [3.63, 3.8) is 0 Å². The predicted molar refractivity (Wildman–Crippen MR) is 122 cm³/mol. The predicted octanol–water partition coefficient (Wildman–Crippen LogP) is 7.00. The van der Waals surface area contributed by atoms with Crippen molar-refractivity contribution in [2.24, 2.45) is 5.92 Å². The number of aliphatic hydroxyl groups is 1. The summed E-state index contributed by atoms with van der Waals surface area (Å²) in [6, 6.07) is 9.42. The van der Waals surface area contributed by atoms with Gasteiger partial charge < -0.3 is 19.5 Å². The molecule has 0 saturated carbocycles. The van der Waals surface area contributed by atoms with Gasteiger partial charge in [-0.15, -0.1) is 13.2 Å². The SMILES string of the molecule is O[C@@H](CN1c2cccc(-c3cccc(OC(F)(F)F)c3)c2CC[C@@H]1C1C=C(OC(F)F)C=CC1)C(F)(F)F. The zero-order valence-electron chi connectivity index (χ0n) is 19.6. The quantitative estimate of drug-likeness (QED) is 0.378. The van der Waals surface area contributed by atoms with Crippen LogP contribution in [0.3, 0.4) is 0 Å². The van der Waals surface area contributed by atoms with Crippen LogP contribution in [0.15, 0.2) is 66.5 Å². The highest BCUT2D eigenvalue weighted by Crippen LogP contribution is 2.42. The zero-order valence-corrected chi connectivity index (χ0v) is 19.6. The molecule has 0 fully saturated rings. The first-order valence-electron chi connectivity index (χ1n) is 11.6. The van der Waals surface area contributed by atoms with Crippen LogP contribution in [0.25, 0.3) is 11.1 Å². The molecule has 38 heavy (non-hydrogen) atoms. The van der Waals surface area contributed by atoms with E-state index in [2.05, 4.69) is 9.47 Å². The number of β-amino-alcohol motifs (C(OH)–C–C–N with tert-alkyl or cyclic N) is 1. The van der Waals surface area contributed by atoms with Crippen LogP contribution in [0.1, 0.15) is 18.4 Å². The van der Waals surface area contributed by atoms with E-state index >= 15 is 0 Å². The van der Waals surface area contributed by atoms with Crippen molar-refractivity contribution < 1.29 is 49.7 Å². The normalized spacial score (nSPS) is 20.7. The summed E-state index contributed by atoms with van der Waals surface area (Å²) in [5.74, 6) is -1.04. The van der Waals surface area contributed by atoms with Gasteiger partial charge in [-0.05, 0) is 66.3 Å². The molecule has 0 aromatic heterocycles. The number of allylic oxidation sites excluding steroid dienone is 2. The molecule has 0 spiro atoms. The number of fused-ring (bicyclic) bond motifs is 1. The average Bonchev–Trinajstić information content (AvgIpc) is 2.82. The Kier molecular flexibility index (Phi) is 7.91. The minimum atomic E-state index is -4.91. The number of aliphatic hydroxyl groups excluding tert-OH is 1. The lowest BCUT2D eigenvalue weighted by Gasteiger charge is -2.44. The molecule has 1 unspecified atom stereocenters. The standard InChI is InChI=1S/C26H23F8NO3/c27-24(28)37-17-6-2-5-16(13-17)21-11-10-20-19(15-4-1-7-18(12-15)38-26(32,33)34)8-3-9-22(20)35(21)14-23(36)25(29,30)31/h1-4,6-9,12-13,16,21,23-24,36H,5,10-11,14H2/t16?,21-,23+/m1/s1. The number of hydrogen-bond acceptors (Lipinski definition) is 4. The Labute approximate surface area is 212 Å². The molecule has 1 aliphatic heterocycles. The van der Waals surface area contributed by atoms with Crippen molar-refractivity contribution in [1.82, 2.24) is 0 Å². The molecule has 1 N–H and O–H groups in total. The third-order valence-corrected chi connectivity index (χ3v) is 6.47. The molecule has 12 heteroatoms. The second-order valence-corrected chi connectivity index (χ2v) is 8.94. The molecule has 4 rings (SSSR count). The Morgan fingerprint density at radius 1 is 1.03 bits per heavy atom. The summed E-state index contributed by atoms with van der Waals surface area (Å²) < 4.78 is 112. The summed E-state index contributed by atoms with van der Waals surface area (Å²) in [4.78, 5) is 1.40. The molecule has 0 amide bonds. The number of halogens is 8. The number of alkyl halides is 8. The van der Waals surface area contributed by atoms with Crippen molar-refractivity contribution in [3.05, 3.63) is 72.0 Å². The molecule has 0 saturated heterocycles. The van der Waals surface area contributed by atoms with E-state index in [9.17, 15) is 40.2 Å². The van der Waals surface area contributed by atoms with E-state index in [-0.39, 0.29) is 5.76 Å². The summed E-state index contributed by atoms with van der Waals surface area (Å²) >= 11 is 0. The van der Waals surface area contributed by atoms with Crippen LogP contribution in [-0.2, 0) is 11.2 Å². The van der Waals surface area contributed by atoms with Gasteiger partial charge in [-0.25, -0.2) is 0 Å². The number of rotatable bonds is 7. The summed E-state index contributed by atoms with van der Waals surface area (Å²) in [5.41, 5.74) is 1.82. The number of anilines is 1. The Bertz CT molecular complexity index is 1190. The zero-order chi connectivity index (χ0) is 27.7. The fourth-order valence-electron chi connectivity index (χ4n) is 4.96. The Hall–Kier alpha value is -3.28. The van der Waals surface area contributed by atoms with Crippen molar-refractivity contribution in [1.29, 1.82) is 0 Å².